The molecule has 1 aliphatic carbocycles. The highest BCUT2D eigenvalue weighted by atomic mass is 16.5. The van der Waals surface area contributed by atoms with Crippen LogP contribution in [0, 0.1) is 5.92 Å². The van der Waals surface area contributed by atoms with Crippen LogP contribution in [0.1, 0.15) is 30.9 Å². The van der Waals surface area contributed by atoms with Gasteiger partial charge in [-0.3, -0.25) is 4.79 Å². The van der Waals surface area contributed by atoms with Gasteiger partial charge in [-0.15, -0.1) is 0 Å². The number of nitrogens with zero attached hydrogens (tertiary/aromatic N) is 2. The lowest BCUT2D eigenvalue weighted by Gasteiger charge is -2.38. The molecule has 0 bridgehead atoms. The molecule has 1 heterocycles. The molecule has 1 aliphatic heterocycles. The molecule has 2 fully saturated rings. The zero-order valence-electron chi connectivity index (χ0n) is 14.8. The minimum Gasteiger partial charge on any atom is -0.375 e. The Morgan fingerprint density at radius 1 is 1.12 bits per heavy atom. The van der Waals surface area contributed by atoms with Crippen LogP contribution >= 0.6 is 0 Å². The van der Waals surface area contributed by atoms with E-state index in [0.717, 1.165) is 0 Å². The normalized spacial score (nSPS) is 19.2. The van der Waals surface area contributed by atoms with Crippen molar-refractivity contribution in [3.8, 4) is 0 Å². The highest BCUT2D eigenvalue weighted by Crippen LogP contribution is 2.37. The van der Waals surface area contributed by atoms with E-state index in [0.29, 0.717) is 32.1 Å². The average molecular weight is 345 g/mol. The molecule has 3 rings (SSSR count). The Kier molecular flexibility index (Phi) is 5.91. The molecule has 0 radical (unpaired) electrons. The van der Waals surface area contributed by atoms with Crippen molar-refractivity contribution in [3.05, 3.63) is 35.9 Å². The molecule has 0 spiro atoms. The van der Waals surface area contributed by atoms with E-state index in [-0.39, 0.29) is 24.6 Å². The fourth-order valence-corrected chi connectivity index (χ4v) is 3.50. The second-order valence-corrected chi connectivity index (χ2v) is 6.83. The van der Waals surface area contributed by atoms with Gasteiger partial charge in [0.05, 0.1) is 6.04 Å². The van der Waals surface area contributed by atoms with Gasteiger partial charge < -0.3 is 19.9 Å². The number of ether oxygens (including phenoxy) is 1. The molecule has 6 nitrogen and oxygen atoms in total. The lowest BCUT2D eigenvalue weighted by atomic mass is 9.77. The topological polar surface area (TPSA) is 61.9 Å². The van der Waals surface area contributed by atoms with Gasteiger partial charge in [-0.25, -0.2) is 4.79 Å². The molecule has 1 N–H and O–H groups in total. The molecular formula is C19H27N3O3. The lowest BCUT2D eigenvalue weighted by Crippen LogP contribution is -2.54. The van der Waals surface area contributed by atoms with E-state index in [1.165, 1.54) is 31.9 Å². The predicted molar refractivity (Wildman–Crippen MR) is 95.1 cm³/mol. The fraction of sp³-hybridized carbons (Fsp3) is 0.579. The first-order chi connectivity index (χ1) is 12.2. The van der Waals surface area contributed by atoms with E-state index in [4.69, 9.17) is 4.74 Å². The molecular weight excluding hydrogens is 318 g/mol. The number of amides is 3. The lowest BCUT2D eigenvalue weighted by molar-refractivity contribution is -0.136. The van der Waals surface area contributed by atoms with Crippen molar-refractivity contribution >= 4 is 11.9 Å². The van der Waals surface area contributed by atoms with Crippen molar-refractivity contribution in [2.24, 2.45) is 5.92 Å². The maximum absolute atomic E-state index is 12.7. The summed E-state index contributed by atoms with van der Waals surface area (Å²) in [7, 11) is 1.52. The first-order valence-corrected chi connectivity index (χ1v) is 9.06. The van der Waals surface area contributed by atoms with Gasteiger partial charge in [0.15, 0.2) is 0 Å². The maximum Gasteiger partial charge on any atom is 0.318 e. The summed E-state index contributed by atoms with van der Waals surface area (Å²) in [5.41, 5.74) is 1.18. The number of hydrogen-bond acceptors (Lipinski definition) is 3. The molecule has 1 aromatic carbocycles. The summed E-state index contributed by atoms with van der Waals surface area (Å²) in [6, 6.07) is 10.3. The molecule has 1 saturated heterocycles. The van der Waals surface area contributed by atoms with Crippen LogP contribution in [0.3, 0.4) is 0 Å². The Hall–Kier alpha value is -2.08. The Bertz CT molecular complexity index is 581. The van der Waals surface area contributed by atoms with Crippen molar-refractivity contribution < 1.29 is 14.3 Å². The van der Waals surface area contributed by atoms with E-state index in [2.05, 4.69) is 17.4 Å². The minimum absolute atomic E-state index is 0.0146. The van der Waals surface area contributed by atoms with Gasteiger partial charge in [0, 0.05) is 33.3 Å². The first-order valence-electron chi connectivity index (χ1n) is 9.06. The zero-order chi connectivity index (χ0) is 17.6. The SMILES string of the molecule is COCC(=O)N1CCN(C(=O)N[C@H](c2ccccc2)C2CCC2)CC1. The van der Waals surface area contributed by atoms with Crippen molar-refractivity contribution in [3.63, 3.8) is 0 Å². The molecule has 1 saturated carbocycles. The summed E-state index contributed by atoms with van der Waals surface area (Å²) in [5, 5.41) is 3.23. The molecule has 0 aromatic heterocycles. The number of piperazine rings is 1. The molecule has 6 heteroatoms. The summed E-state index contributed by atoms with van der Waals surface area (Å²) in [4.78, 5) is 28.1. The van der Waals surface area contributed by atoms with Crippen molar-refractivity contribution in [1.82, 2.24) is 15.1 Å². The predicted octanol–water partition coefficient (Wildman–Crippen LogP) is 2.03. The molecule has 2 aliphatic rings. The fourth-order valence-electron chi connectivity index (χ4n) is 3.50. The van der Waals surface area contributed by atoms with Gasteiger partial charge in [0.25, 0.3) is 0 Å². The Labute approximate surface area is 149 Å². The quantitative estimate of drug-likeness (QED) is 0.888. The Morgan fingerprint density at radius 3 is 2.32 bits per heavy atom. The van der Waals surface area contributed by atoms with Crippen molar-refractivity contribution in [1.29, 1.82) is 0 Å². The summed E-state index contributed by atoms with van der Waals surface area (Å²) < 4.78 is 4.89. The van der Waals surface area contributed by atoms with Gasteiger partial charge in [-0.2, -0.15) is 0 Å². The number of nitrogens with one attached hydrogen (secondary N) is 1. The summed E-state index contributed by atoms with van der Waals surface area (Å²) in [5.74, 6) is 0.509. The van der Waals surface area contributed by atoms with Crippen LogP contribution in [0.25, 0.3) is 0 Å². The third-order valence-electron chi connectivity index (χ3n) is 5.25. The second kappa shape index (κ2) is 8.34. The highest BCUT2D eigenvalue weighted by molar-refractivity contribution is 5.78. The van der Waals surface area contributed by atoms with Crippen molar-refractivity contribution in [2.45, 2.75) is 25.3 Å². The smallest absolute Gasteiger partial charge is 0.318 e. The van der Waals surface area contributed by atoms with Gasteiger partial charge in [0.2, 0.25) is 5.91 Å². The van der Waals surface area contributed by atoms with E-state index in [1.54, 1.807) is 4.90 Å². The number of methoxy groups -OCH3 is 1. The number of rotatable bonds is 5. The number of urea groups is 1. The maximum atomic E-state index is 12.7. The zero-order valence-corrected chi connectivity index (χ0v) is 14.8. The van der Waals surface area contributed by atoms with Gasteiger partial charge >= 0.3 is 6.03 Å². The Morgan fingerprint density at radius 2 is 1.76 bits per heavy atom. The summed E-state index contributed by atoms with van der Waals surface area (Å²) >= 11 is 0. The van der Waals surface area contributed by atoms with E-state index >= 15 is 0 Å². The number of carbonyl (C=O) groups excluding carboxylic acids is 2. The third kappa shape index (κ3) is 4.31. The molecule has 1 aromatic rings. The van der Waals surface area contributed by atoms with Crippen molar-refractivity contribution in [2.75, 3.05) is 39.9 Å². The summed E-state index contributed by atoms with van der Waals surface area (Å²) in [6.07, 6.45) is 3.57. The van der Waals surface area contributed by atoms with Crippen LogP contribution in [0.4, 0.5) is 4.79 Å². The van der Waals surface area contributed by atoms with E-state index < -0.39 is 0 Å². The third-order valence-corrected chi connectivity index (χ3v) is 5.25. The van der Waals surface area contributed by atoms with Gasteiger partial charge in [-0.05, 0) is 24.3 Å². The largest absolute Gasteiger partial charge is 0.375 e. The van der Waals surface area contributed by atoms with Crippen LogP contribution in [0.2, 0.25) is 0 Å². The highest BCUT2D eigenvalue weighted by Gasteiger charge is 2.32. The molecule has 1 atom stereocenters. The number of benzene rings is 1. The van der Waals surface area contributed by atoms with Gasteiger partial charge in [0.1, 0.15) is 6.61 Å². The summed E-state index contributed by atoms with van der Waals surface area (Å²) in [6.45, 7) is 2.36. The number of carbonyl (C=O) groups is 2. The molecule has 3 amide bonds. The second-order valence-electron chi connectivity index (χ2n) is 6.83. The van der Waals surface area contributed by atoms with Crippen LogP contribution < -0.4 is 5.32 Å². The molecule has 136 valence electrons. The van der Waals surface area contributed by atoms with Crippen LogP contribution in [0.5, 0.6) is 0 Å². The minimum atomic E-state index is -0.0282. The molecule has 25 heavy (non-hydrogen) atoms. The van der Waals surface area contributed by atoms with Gasteiger partial charge in [-0.1, -0.05) is 36.8 Å². The molecule has 0 unspecified atom stereocenters. The van der Waals surface area contributed by atoms with Crippen LogP contribution in [-0.4, -0.2) is 61.6 Å². The number of hydrogen-bond donors (Lipinski definition) is 1. The van der Waals surface area contributed by atoms with E-state index in [9.17, 15) is 9.59 Å². The van der Waals surface area contributed by atoms with Crippen LogP contribution in [0.15, 0.2) is 30.3 Å². The van der Waals surface area contributed by atoms with E-state index in [1.807, 2.05) is 23.1 Å². The average Bonchev–Trinajstić information content (AvgIpc) is 2.60. The Balaban J connectivity index is 1.56. The standard InChI is InChI=1S/C19H27N3O3/c1-25-14-17(23)21-10-12-22(13-11-21)19(24)20-18(16-8-5-9-16)15-6-3-2-4-7-15/h2-4,6-7,16,18H,5,8-14H2,1H3,(H,20,24)/t18-/m1/s1. The first kappa shape index (κ1) is 17.7. The monoisotopic (exact) mass is 345 g/mol. The van der Waals surface area contributed by atoms with Crippen LogP contribution in [-0.2, 0) is 9.53 Å².